The fourth-order valence-corrected chi connectivity index (χ4v) is 7.02. The topological polar surface area (TPSA) is 91.8 Å². The maximum absolute atomic E-state index is 15.9. The van der Waals surface area contributed by atoms with Gasteiger partial charge in [0.2, 0.25) is 0 Å². The van der Waals surface area contributed by atoms with Crippen LogP contribution in [0.15, 0.2) is 30.6 Å². The molecule has 6 nitrogen and oxygen atoms in total. The van der Waals surface area contributed by atoms with Gasteiger partial charge in [-0.3, -0.25) is 4.79 Å². The lowest BCUT2D eigenvalue weighted by Crippen LogP contribution is -2.45. The molecule has 0 amide bonds. The minimum atomic E-state index is -0.817. The lowest BCUT2D eigenvalue weighted by molar-refractivity contribution is -0.152. The normalized spacial score (nSPS) is 23.7. The van der Waals surface area contributed by atoms with Crippen LogP contribution in [0.5, 0.6) is 0 Å². The van der Waals surface area contributed by atoms with E-state index in [2.05, 4.69) is 19.9 Å². The number of carboxylic acids is 1. The third-order valence-electron chi connectivity index (χ3n) is 7.57. The number of pyridine rings is 1. The number of hydrogen-bond acceptors (Lipinski definition) is 5. The fraction of sp³-hybridized carbons (Fsp3) is 0.360. The molecule has 2 atom stereocenters. The number of carboxylic acid groups (broad SMARTS) is 1. The zero-order chi connectivity index (χ0) is 24.3. The van der Waals surface area contributed by atoms with E-state index in [1.54, 1.807) is 18.3 Å². The third kappa shape index (κ3) is 3.90. The van der Waals surface area contributed by atoms with Gasteiger partial charge in [-0.05, 0) is 68.1 Å². The molecule has 3 aliphatic carbocycles. The van der Waals surface area contributed by atoms with Crippen molar-refractivity contribution in [1.82, 2.24) is 19.9 Å². The van der Waals surface area contributed by atoms with Gasteiger partial charge in [0.1, 0.15) is 17.2 Å². The average molecular weight is 515 g/mol. The van der Waals surface area contributed by atoms with Crippen LogP contribution in [-0.2, 0) is 11.2 Å². The SMILES string of the molecule is O=C(O)C1C2CCC(CC2)C1Cc1nc(-c2c[nH]c3ncc(F)cc23)nc(-c2ccc(Cl)s2)c1F. The number of halogens is 3. The van der Waals surface area contributed by atoms with Crippen LogP contribution in [0.1, 0.15) is 31.4 Å². The van der Waals surface area contributed by atoms with Gasteiger partial charge in [0.15, 0.2) is 11.6 Å². The van der Waals surface area contributed by atoms with Crippen LogP contribution >= 0.6 is 22.9 Å². The molecule has 3 saturated carbocycles. The lowest BCUT2D eigenvalue weighted by Gasteiger charge is -2.46. The number of thiophene rings is 1. The summed E-state index contributed by atoms with van der Waals surface area (Å²) in [4.78, 5) is 28.9. The smallest absolute Gasteiger partial charge is 0.307 e. The maximum atomic E-state index is 15.9. The number of H-pyrrole nitrogens is 1. The zero-order valence-electron chi connectivity index (χ0n) is 18.5. The lowest BCUT2D eigenvalue weighted by atomic mass is 9.57. The third-order valence-corrected chi connectivity index (χ3v) is 8.81. The largest absolute Gasteiger partial charge is 0.481 e. The number of carbonyl (C=O) groups is 1. The molecule has 180 valence electrons. The Morgan fingerprint density at radius 2 is 1.94 bits per heavy atom. The zero-order valence-corrected chi connectivity index (χ0v) is 20.0. The molecular formula is C25H21ClF2N4O2S. The summed E-state index contributed by atoms with van der Waals surface area (Å²) in [6.45, 7) is 0. The minimum Gasteiger partial charge on any atom is -0.481 e. The molecule has 0 saturated heterocycles. The number of fused-ring (bicyclic) bond motifs is 4. The highest BCUT2D eigenvalue weighted by Gasteiger charge is 2.47. The number of nitrogens with zero attached hydrogens (tertiary/aromatic N) is 3. The van der Waals surface area contributed by atoms with E-state index >= 15 is 4.39 Å². The number of aromatic nitrogens is 4. The summed E-state index contributed by atoms with van der Waals surface area (Å²) in [5, 5.41) is 10.5. The molecule has 0 aromatic carbocycles. The van der Waals surface area contributed by atoms with Gasteiger partial charge in [0, 0.05) is 17.1 Å². The van der Waals surface area contributed by atoms with E-state index in [-0.39, 0.29) is 41.4 Å². The van der Waals surface area contributed by atoms with E-state index in [9.17, 15) is 14.3 Å². The summed E-state index contributed by atoms with van der Waals surface area (Å²) in [6.07, 6.45) is 6.68. The van der Waals surface area contributed by atoms with Crippen LogP contribution in [0.25, 0.3) is 33.0 Å². The highest BCUT2D eigenvalue weighted by Crippen LogP contribution is 2.50. The monoisotopic (exact) mass is 514 g/mol. The number of nitrogens with one attached hydrogen (secondary N) is 1. The molecule has 3 fully saturated rings. The molecular weight excluding hydrogens is 494 g/mol. The van der Waals surface area contributed by atoms with Crippen LogP contribution in [0, 0.1) is 35.3 Å². The Bertz CT molecular complexity index is 1450. The number of aromatic amines is 1. The molecule has 2 bridgehead atoms. The van der Waals surface area contributed by atoms with Crippen LogP contribution in [-0.4, -0.2) is 31.0 Å². The van der Waals surface area contributed by atoms with Gasteiger partial charge in [-0.15, -0.1) is 11.3 Å². The number of aliphatic carboxylic acids is 1. The summed E-state index contributed by atoms with van der Waals surface area (Å²) in [5.74, 6) is -2.02. The van der Waals surface area contributed by atoms with Gasteiger partial charge in [0.25, 0.3) is 0 Å². The van der Waals surface area contributed by atoms with Crippen molar-refractivity contribution < 1.29 is 18.7 Å². The van der Waals surface area contributed by atoms with Gasteiger partial charge >= 0.3 is 5.97 Å². The second-order valence-electron chi connectivity index (χ2n) is 9.42. The fourth-order valence-electron chi connectivity index (χ4n) is 5.99. The van der Waals surface area contributed by atoms with E-state index < -0.39 is 23.5 Å². The molecule has 4 heterocycles. The first-order valence-corrected chi connectivity index (χ1v) is 12.8. The van der Waals surface area contributed by atoms with Crippen molar-refractivity contribution in [3.8, 4) is 22.0 Å². The summed E-state index contributed by atoms with van der Waals surface area (Å²) in [5.41, 5.74) is 1.25. The van der Waals surface area contributed by atoms with Crippen molar-refractivity contribution in [2.45, 2.75) is 32.1 Å². The Morgan fingerprint density at radius 3 is 2.66 bits per heavy atom. The summed E-state index contributed by atoms with van der Waals surface area (Å²) in [6, 6.07) is 4.71. The second kappa shape index (κ2) is 8.64. The quantitative estimate of drug-likeness (QED) is 0.323. The summed E-state index contributed by atoms with van der Waals surface area (Å²) >= 11 is 7.32. The van der Waals surface area contributed by atoms with Crippen LogP contribution in [0.3, 0.4) is 0 Å². The summed E-state index contributed by atoms with van der Waals surface area (Å²) < 4.78 is 30.4. The molecule has 35 heavy (non-hydrogen) atoms. The Balaban J connectivity index is 1.50. The molecule has 2 N–H and O–H groups in total. The van der Waals surface area contributed by atoms with Crippen molar-refractivity contribution in [1.29, 1.82) is 0 Å². The Kier molecular flexibility index (Phi) is 5.56. The maximum Gasteiger partial charge on any atom is 0.307 e. The van der Waals surface area contributed by atoms with E-state index in [0.717, 1.165) is 31.9 Å². The Morgan fingerprint density at radius 1 is 1.17 bits per heavy atom. The molecule has 0 spiro atoms. The van der Waals surface area contributed by atoms with Crippen LogP contribution < -0.4 is 0 Å². The predicted octanol–water partition coefficient (Wildman–Crippen LogP) is 6.36. The van der Waals surface area contributed by atoms with E-state index in [1.165, 1.54) is 17.4 Å². The first-order chi connectivity index (χ1) is 16.9. The summed E-state index contributed by atoms with van der Waals surface area (Å²) in [7, 11) is 0. The van der Waals surface area contributed by atoms with Crippen molar-refractivity contribution >= 4 is 39.9 Å². The molecule has 4 aromatic rings. The second-order valence-corrected chi connectivity index (χ2v) is 11.1. The first-order valence-electron chi connectivity index (χ1n) is 11.6. The standard InChI is InChI=1S/C25H21ClF2N4O2S/c26-19-6-5-18(35-19)22-21(28)17(8-14-11-1-3-12(4-2-11)20(14)25(33)34)31-24(32-22)16-10-30-23-15(16)7-13(27)9-29-23/h5-7,9-12,14,20H,1-4,8H2,(H,29,30)(H,33,34). The van der Waals surface area contributed by atoms with Crippen molar-refractivity contribution in [2.24, 2.45) is 23.7 Å². The minimum absolute atomic E-state index is 0.105. The van der Waals surface area contributed by atoms with Gasteiger partial charge in [-0.25, -0.2) is 23.7 Å². The molecule has 0 aliphatic heterocycles. The van der Waals surface area contributed by atoms with Gasteiger partial charge in [0.05, 0.1) is 27.0 Å². The molecule has 7 rings (SSSR count). The molecule has 2 unspecified atom stereocenters. The van der Waals surface area contributed by atoms with Crippen LogP contribution in [0.4, 0.5) is 8.78 Å². The number of hydrogen-bond donors (Lipinski definition) is 2. The number of rotatable bonds is 5. The van der Waals surface area contributed by atoms with Crippen LogP contribution in [0.2, 0.25) is 4.34 Å². The molecule has 3 aliphatic rings. The van der Waals surface area contributed by atoms with Crippen molar-refractivity contribution in [3.63, 3.8) is 0 Å². The van der Waals surface area contributed by atoms with Crippen molar-refractivity contribution in [2.75, 3.05) is 0 Å². The Hall–Kier alpha value is -2.91. The molecule has 0 radical (unpaired) electrons. The van der Waals surface area contributed by atoms with Gasteiger partial charge in [-0.1, -0.05) is 11.6 Å². The molecule has 10 heteroatoms. The highest BCUT2D eigenvalue weighted by atomic mass is 35.5. The van der Waals surface area contributed by atoms with E-state index in [4.69, 9.17) is 11.6 Å². The highest BCUT2D eigenvalue weighted by molar-refractivity contribution is 7.19. The van der Waals surface area contributed by atoms with E-state index in [1.807, 2.05) is 0 Å². The average Bonchev–Trinajstić information content (AvgIpc) is 3.46. The Labute approximate surface area is 208 Å². The van der Waals surface area contributed by atoms with Gasteiger partial charge in [-0.2, -0.15) is 0 Å². The van der Waals surface area contributed by atoms with Gasteiger partial charge < -0.3 is 10.1 Å². The molecule has 4 aromatic heterocycles. The van der Waals surface area contributed by atoms with Crippen molar-refractivity contribution in [3.05, 3.63) is 52.3 Å². The predicted molar refractivity (Wildman–Crippen MR) is 129 cm³/mol. The first kappa shape index (κ1) is 22.5. The van der Waals surface area contributed by atoms with E-state index in [0.29, 0.717) is 25.8 Å².